The molecule has 206 valence electrons. The van der Waals surface area contributed by atoms with Crippen LogP contribution in [-0.4, -0.2) is 45.9 Å². The Morgan fingerprint density at radius 2 is 0.861 bits per heavy atom. The lowest BCUT2D eigenvalue weighted by Gasteiger charge is -2.49. The van der Waals surface area contributed by atoms with Gasteiger partial charge in [0.25, 0.3) is 0 Å². The van der Waals surface area contributed by atoms with E-state index in [4.69, 9.17) is 0 Å². The number of amides is 1. The molecule has 5 rings (SSSR count). The van der Waals surface area contributed by atoms with E-state index in [0.717, 1.165) is 30.8 Å². The zero-order valence-corrected chi connectivity index (χ0v) is 23.8. The van der Waals surface area contributed by atoms with Gasteiger partial charge in [0.15, 0.2) is 0 Å². The standard InChI is InChI=1S/C33H58N2O/c1-26(34(29-14-6-2-7-15-29)30-16-8-3-9-17-30)27-22-24-28(25-23-27)33(36)35(31-18-10-4-11-19-31)32-20-12-5-13-21-32/h26-32H,2-25H2,1H3. The summed E-state index contributed by atoms with van der Waals surface area (Å²) >= 11 is 0. The van der Waals surface area contributed by atoms with Crippen molar-refractivity contribution >= 4 is 5.91 Å². The van der Waals surface area contributed by atoms with Gasteiger partial charge in [-0.15, -0.1) is 0 Å². The quantitative estimate of drug-likeness (QED) is 0.350. The molecule has 1 amide bonds. The first-order chi connectivity index (χ1) is 17.7. The van der Waals surface area contributed by atoms with Crippen LogP contribution in [0.15, 0.2) is 0 Å². The van der Waals surface area contributed by atoms with E-state index in [0.29, 0.717) is 30.0 Å². The van der Waals surface area contributed by atoms with E-state index < -0.39 is 0 Å². The van der Waals surface area contributed by atoms with Gasteiger partial charge in [0.2, 0.25) is 5.91 Å². The summed E-state index contributed by atoms with van der Waals surface area (Å²) in [5.74, 6) is 1.70. The Balaban J connectivity index is 1.22. The minimum absolute atomic E-state index is 0.315. The molecule has 3 heteroatoms. The average Bonchev–Trinajstić information content (AvgIpc) is 2.96. The molecule has 0 saturated heterocycles. The van der Waals surface area contributed by atoms with Crippen molar-refractivity contribution in [2.75, 3.05) is 0 Å². The molecule has 0 aromatic carbocycles. The normalized spacial score (nSPS) is 31.4. The second-order valence-electron chi connectivity index (χ2n) is 13.7. The van der Waals surface area contributed by atoms with E-state index in [2.05, 4.69) is 16.7 Å². The summed E-state index contributed by atoms with van der Waals surface area (Å²) < 4.78 is 0. The highest BCUT2D eigenvalue weighted by molar-refractivity contribution is 5.79. The summed E-state index contributed by atoms with van der Waals surface area (Å²) in [6.45, 7) is 2.59. The number of carbonyl (C=O) groups is 1. The van der Waals surface area contributed by atoms with Crippen molar-refractivity contribution in [1.29, 1.82) is 0 Å². The Morgan fingerprint density at radius 1 is 0.500 bits per heavy atom. The van der Waals surface area contributed by atoms with Crippen LogP contribution < -0.4 is 0 Å². The van der Waals surface area contributed by atoms with E-state index in [1.165, 1.54) is 141 Å². The summed E-state index contributed by atoms with van der Waals surface area (Å²) in [4.78, 5) is 19.7. The van der Waals surface area contributed by atoms with E-state index >= 15 is 0 Å². The van der Waals surface area contributed by atoms with Gasteiger partial charge in [0.05, 0.1) is 0 Å². The molecule has 5 saturated carbocycles. The molecule has 5 fully saturated rings. The van der Waals surface area contributed by atoms with Gasteiger partial charge in [-0.3, -0.25) is 9.69 Å². The van der Waals surface area contributed by atoms with Crippen LogP contribution in [0.3, 0.4) is 0 Å². The molecule has 0 aliphatic heterocycles. The second-order valence-corrected chi connectivity index (χ2v) is 13.7. The van der Waals surface area contributed by atoms with Crippen LogP contribution in [0.25, 0.3) is 0 Å². The lowest BCUT2D eigenvalue weighted by atomic mass is 9.75. The van der Waals surface area contributed by atoms with Gasteiger partial charge in [-0.2, -0.15) is 0 Å². The summed E-state index contributed by atoms with van der Waals surface area (Å²) in [6, 6.07) is 3.49. The lowest BCUT2D eigenvalue weighted by Crippen LogP contribution is -2.54. The van der Waals surface area contributed by atoms with Crippen molar-refractivity contribution in [3.8, 4) is 0 Å². The zero-order chi connectivity index (χ0) is 24.7. The third kappa shape index (κ3) is 6.52. The van der Waals surface area contributed by atoms with Crippen molar-refractivity contribution in [1.82, 2.24) is 9.80 Å². The highest BCUT2D eigenvalue weighted by atomic mass is 16.2. The Kier molecular flexibility index (Phi) is 10.1. The molecule has 0 aromatic heterocycles. The summed E-state index contributed by atoms with van der Waals surface area (Å²) in [6.07, 6.45) is 32.5. The maximum Gasteiger partial charge on any atom is 0.226 e. The smallest absolute Gasteiger partial charge is 0.226 e. The van der Waals surface area contributed by atoms with Crippen molar-refractivity contribution in [2.24, 2.45) is 11.8 Å². The van der Waals surface area contributed by atoms with E-state index in [-0.39, 0.29) is 0 Å². The zero-order valence-electron chi connectivity index (χ0n) is 23.8. The number of nitrogens with zero attached hydrogens (tertiary/aromatic N) is 2. The summed E-state index contributed by atoms with van der Waals surface area (Å²) in [5, 5.41) is 0. The number of hydrogen-bond donors (Lipinski definition) is 0. The van der Waals surface area contributed by atoms with Gasteiger partial charge in [-0.1, -0.05) is 77.0 Å². The van der Waals surface area contributed by atoms with Crippen LogP contribution in [-0.2, 0) is 4.79 Å². The Bertz CT molecular complexity index is 611. The minimum Gasteiger partial charge on any atom is -0.336 e. The highest BCUT2D eigenvalue weighted by Crippen LogP contribution is 2.40. The van der Waals surface area contributed by atoms with Gasteiger partial charge in [0.1, 0.15) is 0 Å². The Morgan fingerprint density at radius 3 is 1.25 bits per heavy atom. The Labute approximate surface area is 223 Å². The molecule has 0 spiro atoms. The fourth-order valence-corrected chi connectivity index (χ4v) is 9.40. The third-order valence-electron chi connectivity index (χ3n) is 11.5. The topological polar surface area (TPSA) is 23.6 Å². The first kappa shape index (κ1) is 27.0. The van der Waals surface area contributed by atoms with E-state index in [9.17, 15) is 4.79 Å². The van der Waals surface area contributed by atoms with Crippen LogP contribution in [0.4, 0.5) is 0 Å². The summed E-state index contributed by atoms with van der Waals surface area (Å²) in [7, 11) is 0. The molecule has 5 aliphatic carbocycles. The predicted octanol–water partition coefficient (Wildman–Crippen LogP) is 8.64. The first-order valence-corrected chi connectivity index (χ1v) is 16.8. The van der Waals surface area contributed by atoms with Crippen molar-refractivity contribution in [2.45, 2.75) is 191 Å². The maximum atomic E-state index is 14.1. The molecule has 0 N–H and O–H groups in total. The molecule has 36 heavy (non-hydrogen) atoms. The van der Waals surface area contributed by atoms with Gasteiger partial charge in [-0.25, -0.2) is 0 Å². The molecular formula is C33H58N2O. The monoisotopic (exact) mass is 498 g/mol. The third-order valence-corrected chi connectivity index (χ3v) is 11.5. The Hall–Kier alpha value is -0.570. The lowest BCUT2D eigenvalue weighted by molar-refractivity contribution is -0.144. The molecule has 5 aliphatic rings. The van der Waals surface area contributed by atoms with Gasteiger partial charge in [0, 0.05) is 36.1 Å². The molecule has 3 nitrogen and oxygen atoms in total. The van der Waals surface area contributed by atoms with Crippen LogP contribution in [0, 0.1) is 11.8 Å². The van der Waals surface area contributed by atoms with Crippen LogP contribution in [0.5, 0.6) is 0 Å². The van der Waals surface area contributed by atoms with Crippen molar-refractivity contribution < 1.29 is 4.79 Å². The number of rotatable bonds is 7. The molecule has 0 aromatic rings. The average molecular weight is 499 g/mol. The molecule has 0 bridgehead atoms. The molecule has 0 heterocycles. The maximum absolute atomic E-state index is 14.1. The summed E-state index contributed by atoms with van der Waals surface area (Å²) in [5.41, 5.74) is 0. The number of hydrogen-bond acceptors (Lipinski definition) is 2. The van der Waals surface area contributed by atoms with Crippen molar-refractivity contribution in [3.63, 3.8) is 0 Å². The van der Waals surface area contributed by atoms with E-state index in [1.54, 1.807) is 0 Å². The fourth-order valence-electron chi connectivity index (χ4n) is 9.40. The minimum atomic E-state index is 0.315. The largest absolute Gasteiger partial charge is 0.336 e. The second kappa shape index (κ2) is 13.5. The molecule has 0 radical (unpaired) electrons. The van der Waals surface area contributed by atoms with Gasteiger partial charge in [-0.05, 0) is 89.9 Å². The highest BCUT2D eigenvalue weighted by Gasteiger charge is 2.40. The van der Waals surface area contributed by atoms with Crippen molar-refractivity contribution in [3.05, 3.63) is 0 Å². The predicted molar refractivity (Wildman–Crippen MR) is 151 cm³/mol. The SMILES string of the molecule is CC(C1CCC(C(=O)N(C2CCCCC2)C2CCCCC2)CC1)N(C1CCCCC1)C1CCCCC1. The van der Waals surface area contributed by atoms with E-state index in [1.807, 2.05) is 0 Å². The van der Waals surface area contributed by atoms with Crippen LogP contribution >= 0.6 is 0 Å². The molecule has 1 atom stereocenters. The fraction of sp³-hybridized carbons (Fsp3) is 0.970. The van der Waals surface area contributed by atoms with Gasteiger partial charge < -0.3 is 4.90 Å². The molecular weight excluding hydrogens is 440 g/mol. The number of carbonyl (C=O) groups excluding carboxylic acids is 1. The van der Waals surface area contributed by atoms with Crippen LogP contribution in [0.2, 0.25) is 0 Å². The molecule has 1 unspecified atom stereocenters. The van der Waals surface area contributed by atoms with Gasteiger partial charge >= 0.3 is 0 Å². The first-order valence-electron chi connectivity index (χ1n) is 16.8. The van der Waals surface area contributed by atoms with Crippen LogP contribution in [0.1, 0.15) is 161 Å².